The van der Waals surface area contributed by atoms with Crippen molar-refractivity contribution < 1.29 is 4.79 Å². The summed E-state index contributed by atoms with van der Waals surface area (Å²) in [4.78, 5) is 14.9. The molecule has 0 radical (unpaired) electrons. The number of carbonyl (C=O) groups excluding carboxylic acids is 1. The van der Waals surface area contributed by atoms with E-state index in [9.17, 15) is 4.79 Å². The molecule has 0 aliphatic carbocycles. The smallest absolute Gasteiger partial charge is 0.220 e. The van der Waals surface area contributed by atoms with Crippen molar-refractivity contribution in [1.82, 2.24) is 15.6 Å². The summed E-state index contributed by atoms with van der Waals surface area (Å²) in [7, 11) is 1.90. The SMILES string of the molecule is CNCCCC(=O)NCCc1c[nH]c2cccc(C)c12. The molecular weight excluding hydrogens is 250 g/mol. The molecule has 0 spiro atoms. The molecule has 108 valence electrons. The van der Waals surface area contributed by atoms with Gasteiger partial charge in [-0.2, -0.15) is 0 Å². The molecule has 0 atom stereocenters. The van der Waals surface area contributed by atoms with E-state index < -0.39 is 0 Å². The molecule has 0 aliphatic rings. The molecule has 0 bridgehead atoms. The summed E-state index contributed by atoms with van der Waals surface area (Å²) in [6, 6.07) is 6.26. The molecule has 20 heavy (non-hydrogen) atoms. The maximum Gasteiger partial charge on any atom is 0.220 e. The van der Waals surface area contributed by atoms with Crippen molar-refractivity contribution in [1.29, 1.82) is 0 Å². The van der Waals surface area contributed by atoms with Crippen LogP contribution in [0.3, 0.4) is 0 Å². The lowest BCUT2D eigenvalue weighted by Crippen LogP contribution is -2.26. The number of aryl methyl sites for hydroxylation is 1. The normalized spacial score (nSPS) is 10.9. The first-order chi connectivity index (χ1) is 9.72. The fraction of sp³-hybridized carbons (Fsp3) is 0.438. The third-order valence-electron chi connectivity index (χ3n) is 3.54. The van der Waals surface area contributed by atoms with E-state index in [0.29, 0.717) is 13.0 Å². The highest BCUT2D eigenvalue weighted by molar-refractivity contribution is 5.86. The van der Waals surface area contributed by atoms with Crippen molar-refractivity contribution in [3.05, 3.63) is 35.5 Å². The van der Waals surface area contributed by atoms with Gasteiger partial charge in [0.25, 0.3) is 0 Å². The quantitative estimate of drug-likeness (QED) is 0.677. The molecule has 3 N–H and O–H groups in total. The minimum absolute atomic E-state index is 0.136. The van der Waals surface area contributed by atoms with E-state index in [4.69, 9.17) is 0 Å². The predicted molar refractivity (Wildman–Crippen MR) is 82.9 cm³/mol. The molecule has 2 aromatic rings. The van der Waals surface area contributed by atoms with Crippen LogP contribution < -0.4 is 10.6 Å². The minimum Gasteiger partial charge on any atom is -0.361 e. The van der Waals surface area contributed by atoms with Gasteiger partial charge in [0.2, 0.25) is 5.91 Å². The lowest BCUT2D eigenvalue weighted by atomic mass is 10.1. The monoisotopic (exact) mass is 273 g/mol. The molecule has 1 heterocycles. The number of fused-ring (bicyclic) bond motifs is 1. The van der Waals surface area contributed by atoms with Gasteiger partial charge in [0, 0.05) is 30.1 Å². The number of rotatable bonds is 7. The summed E-state index contributed by atoms with van der Waals surface area (Å²) in [6.45, 7) is 3.70. The molecule has 1 aromatic heterocycles. The van der Waals surface area contributed by atoms with Gasteiger partial charge in [-0.05, 0) is 50.6 Å². The van der Waals surface area contributed by atoms with Gasteiger partial charge in [-0.3, -0.25) is 4.79 Å². The van der Waals surface area contributed by atoms with Gasteiger partial charge in [-0.15, -0.1) is 0 Å². The van der Waals surface area contributed by atoms with Crippen LogP contribution in [0, 0.1) is 6.92 Å². The van der Waals surface area contributed by atoms with Crippen LogP contribution >= 0.6 is 0 Å². The van der Waals surface area contributed by atoms with Crippen LogP contribution in [0.2, 0.25) is 0 Å². The maximum atomic E-state index is 11.6. The zero-order valence-electron chi connectivity index (χ0n) is 12.3. The van der Waals surface area contributed by atoms with Crippen molar-refractivity contribution in [2.45, 2.75) is 26.2 Å². The summed E-state index contributed by atoms with van der Waals surface area (Å²) in [5.74, 6) is 0.136. The Morgan fingerprint density at radius 2 is 2.15 bits per heavy atom. The van der Waals surface area contributed by atoms with Gasteiger partial charge >= 0.3 is 0 Å². The molecule has 0 fully saturated rings. The zero-order chi connectivity index (χ0) is 14.4. The molecule has 1 aromatic carbocycles. The molecule has 1 amide bonds. The Morgan fingerprint density at radius 1 is 1.30 bits per heavy atom. The Morgan fingerprint density at radius 3 is 2.95 bits per heavy atom. The van der Waals surface area contributed by atoms with Crippen LogP contribution in [-0.2, 0) is 11.2 Å². The molecule has 2 rings (SSSR count). The number of benzene rings is 1. The first-order valence-electron chi connectivity index (χ1n) is 7.19. The Hall–Kier alpha value is -1.81. The van der Waals surface area contributed by atoms with E-state index >= 15 is 0 Å². The summed E-state index contributed by atoms with van der Waals surface area (Å²) in [5.41, 5.74) is 3.72. The molecule has 0 saturated carbocycles. The van der Waals surface area contributed by atoms with E-state index in [1.165, 1.54) is 22.0 Å². The highest BCUT2D eigenvalue weighted by Gasteiger charge is 2.06. The second kappa shape index (κ2) is 7.10. The lowest BCUT2D eigenvalue weighted by Gasteiger charge is -2.05. The van der Waals surface area contributed by atoms with Crippen molar-refractivity contribution in [3.63, 3.8) is 0 Å². The highest BCUT2D eigenvalue weighted by atomic mass is 16.1. The molecule has 0 unspecified atom stereocenters. The van der Waals surface area contributed by atoms with Crippen LogP contribution in [0.4, 0.5) is 0 Å². The topological polar surface area (TPSA) is 56.9 Å². The Balaban J connectivity index is 1.86. The van der Waals surface area contributed by atoms with Crippen LogP contribution in [0.5, 0.6) is 0 Å². The standard InChI is InChI=1S/C16H23N3O/c1-12-5-3-6-14-16(12)13(11-19-14)8-10-18-15(20)7-4-9-17-2/h3,5-6,11,17,19H,4,7-10H2,1-2H3,(H,18,20). The van der Waals surface area contributed by atoms with Crippen LogP contribution in [-0.4, -0.2) is 31.0 Å². The summed E-state index contributed by atoms with van der Waals surface area (Å²) in [6.07, 6.45) is 4.38. The molecule has 0 aliphatic heterocycles. The van der Waals surface area contributed by atoms with E-state index in [-0.39, 0.29) is 5.91 Å². The summed E-state index contributed by atoms with van der Waals surface area (Å²) >= 11 is 0. The van der Waals surface area contributed by atoms with Crippen LogP contribution in [0.1, 0.15) is 24.0 Å². The van der Waals surface area contributed by atoms with Crippen LogP contribution in [0.15, 0.2) is 24.4 Å². The zero-order valence-corrected chi connectivity index (χ0v) is 12.3. The number of carbonyl (C=O) groups is 1. The molecule has 4 nitrogen and oxygen atoms in total. The number of amides is 1. The molecule has 0 saturated heterocycles. The van der Waals surface area contributed by atoms with Gasteiger partial charge in [-0.1, -0.05) is 12.1 Å². The molecular formula is C16H23N3O. The Kier molecular flexibility index (Phi) is 5.18. The van der Waals surface area contributed by atoms with Gasteiger partial charge in [0.1, 0.15) is 0 Å². The second-order valence-electron chi connectivity index (χ2n) is 5.12. The summed E-state index contributed by atoms with van der Waals surface area (Å²) < 4.78 is 0. The van der Waals surface area contributed by atoms with Gasteiger partial charge in [-0.25, -0.2) is 0 Å². The number of nitrogens with one attached hydrogen (secondary N) is 3. The number of aromatic nitrogens is 1. The average molecular weight is 273 g/mol. The number of H-pyrrole nitrogens is 1. The van der Waals surface area contributed by atoms with Crippen LogP contribution in [0.25, 0.3) is 10.9 Å². The van der Waals surface area contributed by atoms with E-state index in [1.54, 1.807) is 0 Å². The average Bonchev–Trinajstić information content (AvgIpc) is 2.84. The molecule has 4 heteroatoms. The number of hydrogen-bond acceptors (Lipinski definition) is 2. The van der Waals surface area contributed by atoms with Crippen molar-refractivity contribution in [3.8, 4) is 0 Å². The lowest BCUT2D eigenvalue weighted by molar-refractivity contribution is -0.121. The third kappa shape index (κ3) is 3.61. The highest BCUT2D eigenvalue weighted by Crippen LogP contribution is 2.22. The Labute approximate surface area is 120 Å². The second-order valence-corrected chi connectivity index (χ2v) is 5.12. The van der Waals surface area contributed by atoms with Gasteiger partial charge in [0.15, 0.2) is 0 Å². The fourth-order valence-corrected chi connectivity index (χ4v) is 2.50. The first-order valence-corrected chi connectivity index (χ1v) is 7.19. The minimum atomic E-state index is 0.136. The van der Waals surface area contributed by atoms with Gasteiger partial charge < -0.3 is 15.6 Å². The number of aromatic amines is 1. The summed E-state index contributed by atoms with van der Waals surface area (Å²) in [5, 5.41) is 7.32. The van der Waals surface area contributed by atoms with E-state index in [0.717, 1.165) is 19.4 Å². The third-order valence-corrected chi connectivity index (χ3v) is 3.54. The maximum absolute atomic E-state index is 11.6. The largest absolute Gasteiger partial charge is 0.361 e. The number of hydrogen-bond donors (Lipinski definition) is 3. The first kappa shape index (κ1) is 14.6. The van der Waals surface area contributed by atoms with Gasteiger partial charge in [0.05, 0.1) is 0 Å². The predicted octanol–water partition coefficient (Wildman–Crippen LogP) is 2.13. The fourth-order valence-electron chi connectivity index (χ4n) is 2.50. The van der Waals surface area contributed by atoms with Crippen molar-refractivity contribution in [2.75, 3.05) is 20.1 Å². The van der Waals surface area contributed by atoms with Crippen molar-refractivity contribution >= 4 is 16.8 Å². The van der Waals surface area contributed by atoms with Crippen molar-refractivity contribution in [2.24, 2.45) is 0 Å². The van der Waals surface area contributed by atoms with E-state index in [2.05, 4.69) is 40.7 Å². The van der Waals surface area contributed by atoms with E-state index in [1.807, 2.05) is 13.2 Å². The Bertz CT molecular complexity index is 574.